The molecule has 66 valence electrons. The Morgan fingerprint density at radius 1 is 1.50 bits per heavy atom. The van der Waals surface area contributed by atoms with Crippen LogP contribution in [0, 0.1) is 0 Å². The molecule has 1 atom stereocenters. The van der Waals surface area contributed by atoms with Crippen molar-refractivity contribution in [2.45, 2.75) is 19.7 Å². The summed E-state index contributed by atoms with van der Waals surface area (Å²) in [5, 5.41) is 2.47. The van der Waals surface area contributed by atoms with Crippen molar-refractivity contribution in [3.63, 3.8) is 0 Å². The van der Waals surface area contributed by atoms with Gasteiger partial charge in [0.15, 0.2) is 0 Å². The number of benzene rings is 1. The summed E-state index contributed by atoms with van der Waals surface area (Å²) in [6, 6.07) is 9.61. The Balaban J connectivity index is 2.58. The average molecular weight is 168 g/mol. The molecule has 1 nitrogen and oxygen atoms in total. The molecule has 0 spiro atoms. The van der Waals surface area contributed by atoms with Gasteiger partial charge in [-0.15, -0.1) is 0 Å². The molecular weight excluding hydrogens is 146 g/mol. The number of nitrogens with one attached hydrogen (secondary N) is 1. The molecule has 0 aliphatic rings. The SMILES string of the molecule is [2H]C([2H])([2H])C([2H])([2H])NCC(C)c1ccccc1. The molecule has 0 saturated carbocycles. The standard InChI is InChI=1S/C11H17N/c1-3-12-9-10(2)11-7-5-4-6-8-11/h4-8,10,12H,3,9H2,1-2H3/i1D3,3D2. The van der Waals surface area contributed by atoms with E-state index in [9.17, 15) is 0 Å². The highest BCUT2D eigenvalue weighted by Crippen LogP contribution is 2.12. The van der Waals surface area contributed by atoms with Crippen LogP contribution in [0.5, 0.6) is 0 Å². The maximum atomic E-state index is 7.43. The van der Waals surface area contributed by atoms with Gasteiger partial charge in [-0.3, -0.25) is 0 Å². The van der Waals surface area contributed by atoms with E-state index in [1.54, 1.807) is 0 Å². The quantitative estimate of drug-likeness (QED) is 0.728. The molecular formula is C11H17N. The van der Waals surface area contributed by atoms with Crippen LogP contribution in [0.1, 0.15) is 32.1 Å². The van der Waals surface area contributed by atoms with Crippen molar-refractivity contribution in [2.75, 3.05) is 13.0 Å². The highest BCUT2D eigenvalue weighted by molar-refractivity contribution is 5.18. The van der Waals surface area contributed by atoms with E-state index >= 15 is 0 Å². The lowest BCUT2D eigenvalue weighted by Crippen LogP contribution is -2.19. The van der Waals surface area contributed by atoms with Gasteiger partial charge in [-0.05, 0) is 18.0 Å². The summed E-state index contributed by atoms with van der Waals surface area (Å²) >= 11 is 0. The minimum absolute atomic E-state index is 0.0635. The van der Waals surface area contributed by atoms with Crippen LogP contribution in [0.2, 0.25) is 0 Å². The fourth-order valence-corrected chi connectivity index (χ4v) is 1.10. The zero-order valence-corrected chi connectivity index (χ0v) is 7.17. The average Bonchev–Trinajstić information content (AvgIpc) is 2.25. The van der Waals surface area contributed by atoms with Crippen molar-refractivity contribution in [1.29, 1.82) is 0 Å². The highest BCUT2D eigenvalue weighted by atomic mass is 14.8. The Labute approximate surface area is 81.8 Å². The summed E-state index contributed by atoms with van der Waals surface area (Å²) in [6.45, 7) is -2.78. The van der Waals surface area contributed by atoms with Gasteiger partial charge in [-0.1, -0.05) is 44.1 Å². The summed E-state index contributed by atoms with van der Waals surface area (Å²) in [5.74, 6) is 0.0635. The predicted molar refractivity (Wildman–Crippen MR) is 53.4 cm³/mol. The van der Waals surface area contributed by atoms with Crippen molar-refractivity contribution in [3.05, 3.63) is 35.9 Å². The second-order valence-electron chi connectivity index (χ2n) is 2.82. The molecule has 1 heteroatoms. The van der Waals surface area contributed by atoms with Crippen LogP contribution in [-0.4, -0.2) is 13.0 Å². The molecule has 1 aromatic rings. The lowest BCUT2D eigenvalue weighted by atomic mass is 10.0. The normalized spacial score (nSPS) is 21.2. The highest BCUT2D eigenvalue weighted by Gasteiger charge is 2.01. The molecule has 1 N–H and O–H groups in total. The monoisotopic (exact) mass is 168 g/mol. The van der Waals surface area contributed by atoms with E-state index < -0.39 is 13.3 Å². The van der Waals surface area contributed by atoms with E-state index in [0.717, 1.165) is 5.56 Å². The zero-order chi connectivity index (χ0) is 13.1. The lowest BCUT2D eigenvalue weighted by Gasteiger charge is -2.11. The maximum absolute atomic E-state index is 7.43. The van der Waals surface area contributed by atoms with Crippen molar-refractivity contribution < 1.29 is 6.85 Å². The third-order valence-corrected chi connectivity index (χ3v) is 1.87. The topological polar surface area (TPSA) is 12.0 Å². The minimum atomic E-state index is -2.65. The van der Waals surface area contributed by atoms with Crippen LogP contribution in [0.4, 0.5) is 0 Å². The number of hydrogen-bond acceptors (Lipinski definition) is 1. The Hall–Kier alpha value is -0.820. The third kappa shape index (κ3) is 2.67. The second-order valence-corrected chi connectivity index (χ2v) is 2.82. The molecule has 0 aromatic heterocycles. The summed E-state index contributed by atoms with van der Waals surface area (Å²) < 4.78 is 36.1. The second kappa shape index (κ2) is 4.94. The van der Waals surface area contributed by atoms with Gasteiger partial charge in [0.1, 0.15) is 0 Å². The van der Waals surface area contributed by atoms with Crippen molar-refractivity contribution in [1.82, 2.24) is 5.32 Å². The molecule has 0 aliphatic heterocycles. The van der Waals surface area contributed by atoms with E-state index in [-0.39, 0.29) is 12.5 Å². The van der Waals surface area contributed by atoms with Crippen LogP contribution < -0.4 is 5.32 Å². The molecule has 0 heterocycles. The first kappa shape index (κ1) is 4.43. The fraction of sp³-hybridized carbons (Fsp3) is 0.455. The van der Waals surface area contributed by atoms with Crippen molar-refractivity contribution in [2.24, 2.45) is 0 Å². The number of hydrogen-bond donors (Lipinski definition) is 1. The number of rotatable bonds is 4. The summed E-state index contributed by atoms with van der Waals surface area (Å²) in [7, 11) is 0. The van der Waals surface area contributed by atoms with E-state index in [4.69, 9.17) is 6.85 Å². The first-order valence-corrected chi connectivity index (χ1v) is 4.04. The zero-order valence-electron chi connectivity index (χ0n) is 12.2. The Morgan fingerprint density at radius 2 is 2.25 bits per heavy atom. The summed E-state index contributed by atoms with van der Waals surface area (Å²) in [6.07, 6.45) is 0. The van der Waals surface area contributed by atoms with E-state index in [1.807, 2.05) is 37.3 Å². The van der Waals surface area contributed by atoms with Gasteiger partial charge in [0.05, 0.1) is 0 Å². The first-order chi connectivity index (χ1) is 7.74. The molecule has 1 rings (SSSR count). The molecule has 12 heavy (non-hydrogen) atoms. The van der Waals surface area contributed by atoms with Gasteiger partial charge in [-0.2, -0.15) is 0 Å². The van der Waals surface area contributed by atoms with Crippen LogP contribution in [0.25, 0.3) is 0 Å². The fourth-order valence-electron chi connectivity index (χ4n) is 1.10. The van der Waals surface area contributed by atoms with Gasteiger partial charge >= 0.3 is 0 Å². The van der Waals surface area contributed by atoms with E-state index in [2.05, 4.69) is 5.32 Å². The molecule has 0 radical (unpaired) electrons. The molecule has 0 bridgehead atoms. The Bertz CT molecular complexity index is 347. The van der Waals surface area contributed by atoms with Crippen LogP contribution in [0.3, 0.4) is 0 Å². The molecule has 0 amide bonds. The predicted octanol–water partition coefficient (Wildman–Crippen LogP) is 2.40. The Morgan fingerprint density at radius 3 is 2.92 bits per heavy atom. The molecule has 1 aromatic carbocycles. The smallest absolute Gasteiger partial charge is 0.0425 e. The van der Waals surface area contributed by atoms with Crippen LogP contribution >= 0.6 is 0 Å². The van der Waals surface area contributed by atoms with Gasteiger partial charge in [0.2, 0.25) is 0 Å². The van der Waals surface area contributed by atoms with Gasteiger partial charge < -0.3 is 5.32 Å². The van der Waals surface area contributed by atoms with Crippen molar-refractivity contribution in [3.8, 4) is 0 Å². The van der Waals surface area contributed by atoms with Crippen molar-refractivity contribution >= 4 is 0 Å². The maximum Gasteiger partial charge on any atom is 0.0425 e. The van der Waals surface area contributed by atoms with E-state index in [0.29, 0.717) is 0 Å². The summed E-state index contributed by atoms with van der Waals surface area (Å²) in [5.41, 5.74) is 1.06. The van der Waals surface area contributed by atoms with E-state index in [1.165, 1.54) is 0 Å². The molecule has 1 unspecified atom stereocenters. The lowest BCUT2D eigenvalue weighted by molar-refractivity contribution is 0.635. The molecule has 0 fully saturated rings. The van der Waals surface area contributed by atoms with Crippen LogP contribution in [-0.2, 0) is 0 Å². The van der Waals surface area contributed by atoms with Crippen LogP contribution in [0.15, 0.2) is 30.3 Å². The summed E-state index contributed by atoms with van der Waals surface area (Å²) in [4.78, 5) is 0. The largest absolute Gasteiger partial charge is 0.316 e. The minimum Gasteiger partial charge on any atom is -0.316 e. The number of likely N-dealkylation sites (N-methyl/N-ethyl adjacent to an activating group) is 1. The van der Waals surface area contributed by atoms with Gasteiger partial charge in [0, 0.05) is 13.4 Å². The van der Waals surface area contributed by atoms with Gasteiger partial charge in [-0.25, -0.2) is 0 Å². The first-order valence-electron chi connectivity index (χ1n) is 6.54. The van der Waals surface area contributed by atoms with Gasteiger partial charge in [0.25, 0.3) is 0 Å². The Kier molecular flexibility index (Phi) is 1.82. The molecule has 0 aliphatic carbocycles. The third-order valence-electron chi connectivity index (χ3n) is 1.87. The molecule has 0 saturated heterocycles.